The summed E-state index contributed by atoms with van der Waals surface area (Å²) in [4.78, 5) is 1.79. The van der Waals surface area contributed by atoms with Crippen molar-refractivity contribution in [3.8, 4) is 0 Å². The third kappa shape index (κ3) is 2.27. The van der Waals surface area contributed by atoms with E-state index in [0.29, 0.717) is 0 Å². The maximum absolute atomic E-state index is 3.80. The molecule has 1 heteroatoms. The van der Waals surface area contributed by atoms with Gasteiger partial charge in [-0.25, -0.2) is 0 Å². The molecule has 0 heterocycles. The first-order chi connectivity index (χ1) is 5.54. The third-order valence-electron chi connectivity index (χ3n) is 1.43. The first-order valence-electron chi connectivity index (χ1n) is 3.63. The van der Waals surface area contributed by atoms with E-state index in [-0.39, 0.29) is 0 Å². The second-order valence-electron chi connectivity index (χ2n) is 2.46. The Kier molecular flexibility index (Phi) is 3.84. The van der Waals surface area contributed by atoms with Crippen molar-refractivity contribution in [2.24, 2.45) is 0 Å². The molecule has 1 nitrogen and oxygen atoms in total. The molecule has 0 rings (SSSR count). The molecule has 0 saturated carbocycles. The lowest BCUT2D eigenvalue weighted by Crippen LogP contribution is -2.16. The van der Waals surface area contributed by atoms with E-state index in [9.17, 15) is 0 Å². The summed E-state index contributed by atoms with van der Waals surface area (Å²) in [6, 6.07) is 0. The van der Waals surface area contributed by atoms with Gasteiger partial charge in [0, 0.05) is 17.1 Å². The third-order valence-corrected chi connectivity index (χ3v) is 1.43. The van der Waals surface area contributed by atoms with Gasteiger partial charge in [-0.05, 0) is 19.1 Å². The van der Waals surface area contributed by atoms with Gasteiger partial charge in [0.05, 0.1) is 0 Å². The topological polar surface area (TPSA) is 3.24 Å². The van der Waals surface area contributed by atoms with Gasteiger partial charge >= 0.3 is 0 Å². The van der Waals surface area contributed by atoms with Crippen molar-refractivity contribution in [2.75, 3.05) is 0 Å². The molecule has 0 saturated heterocycles. The van der Waals surface area contributed by atoms with E-state index >= 15 is 0 Å². The Bertz CT molecular complexity index is 226. The Hall–Kier alpha value is -1.50. The Balaban J connectivity index is 4.78. The Morgan fingerprint density at radius 3 is 1.50 bits per heavy atom. The zero-order chi connectivity index (χ0) is 9.72. The van der Waals surface area contributed by atoms with Crippen LogP contribution in [0.4, 0.5) is 0 Å². The van der Waals surface area contributed by atoms with Crippen LogP contribution in [0.5, 0.6) is 0 Å². The van der Waals surface area contributed by atoms with E-state index in [4.69, 9.17) is 0 Å². The van der Waals surface area contributed by atoms with E-state index in [0.717, 1.165) is 17.1 Å². The van der Waals surface area contributed by atoms with Gasteiger partial charge in [-0.2, -0.15) is 0 Å². The SMILES string of the molecule is C=CC(=C)N(C(=C)C)C(=C)C=C. The van der Waals surface area contributed by atoms with Crippen LogP contribution in [0.25, 0.3) is 0 Å². The molecule has 0 aromatic rings. The minimum Gasteiger partial charge on any atom is -0.316 e. The number of hydrogen-bond donors (Lipinski definition) is 0. The molecule has 0 unspecified atom stereocenters. The van der Waals surface area contributed by atoms with Crippen LogP contribution in [0.15, 0.2) is 62.1 Å². The molecule has 0 aliphatic carbocycles. The van der Waals surface area contributed by atoms with Crippen LogP contribution < -0.4 is 0 Å². The first-order valence-corrected chi connectivity index (χ1v) is 3.63. The molecule has 0 aromatic heterocycles. The minimum absolute atomic E-state index is 0.757. The summed E-state index contributed by atoms with van der Waals surface area (Å²) in [6.45, 7) is 20.5. The van der Waals surface area contributed by atoms with Crippen LogP contribution in [0.1, 0.15) is 6.92 Å². The molecule has 0 fully saturated rings. The Labute approximate surface area is 74.7 Å². The Morgan fingerprint density at radius 1 is 1.00 bits per heavy atom. The monoisotopic (exact) mass is 161 g/mol. The highest BCUT2D eigenvalue weighted by molar-refractivity contribution is 5.28. The number of rotatable bonds is 5. The first kappa shape index (κ1) is 10.5. The smallest absolute Gasteiger partial charge is 0.0380 e. The molecule has 0 spiro atoms. The molecule has 0 amide bonds. The fraction of sp³-hybridized carbons (Fsp3) is 0.0909. The molecule has 0 atom stereocenters. The average Bonchev–Trinajstić information content (AvgIpc) is 2.03. The summed E-state index contributed by atoms with van der Waals surface area (Å²) in [5, 5.41) is 0. The molecule has 0 radical (unpaired) electrons. The van der Waals surface area contributed by atoms with Gasteiger partial charge in [-0.15, -0.1) is 0 Å². The summed E-state index contributed by atoms with van der Waals surface area (Å²) in [6.07, 6.45) is 3.31. The van der Waals surface area contributed by atoms with E-state index < -0.39 is 0 Å². The molecule has 0 N–H and O–H groups in total. The standard InChI is InChI=1S/C11H15N/c1-7-10(5)12(9(3)4)11(6)8-2/h7-8H,1-3,5-6H2,4H3. The van der Waals surface area contributed by atoms with Crippen molar-refractivity contribution in [1.82, 2.24) is 4.90 Å². The zero-order valence-corrected chi connectivity index (χ0v) is 7.64. The predicted octanol–water partition coefficient (Wildman–Crippen LogP) is 3.22. The fourth-order valence-corrected chi connectivity index (χ4v) is 0.857. The molecular formula is C11H15N. The quantitative estimate of drug-likeness (QED) is 0.559. The molecule has 0 aliphatic heterocycles. The number of nitrogens with zero attached hydrogens (tertiary/aromatic N) is 1. The van der Waals surface area contributed by atoms with Crippen LogP contribution in [-0.4, -0.2) is 4.90 Å². The van der Waals surface area contributed by atoms with Gasteiger partial charge in [-0.3, -0.25) is 0 Å². The zero-order valence-electron chi connectivity index (χ0n) is 7.64. The van der Waals surface area contributed by atoms with Crippen LogP contribution in [0.2, 0.25) is 0 Å². The maximum atomic E-state index is 3.80. The second-order valence-corrected chi connectivity index (χ2v) is 2.46. The lowest BCUT2D eigenvalue weighted by molar-refractivity contribution is 0.569. The maximum Gasteiger partial charge on any atom is 0.0380 e. The van der Waals surface area contributed by atoms with Gasteiger partial charge in [0.2, 0.25) is 0 Å². The summed E-state index contributed by atoms with van der Waals surface area (Å²) >= 11 is 0. The van der Waals surface area contributed by atoms with Crippen molar-refractivity contribution in [1.29, 1.82) is 0 Å². The molecule has 64 valence electrons. The molecule has 0 bridgehead atoms. The summed E-state index contributed by atoms with van der Waals surface area (Å²) in [5.41, 5.74) is 2.37. The highest BCUT2D eigenvalue weighted by Crippen LogP contribution is 2.17. The van der Waals surface area contributed by atoms with Crippen molar-refractivity contribution in [3.05, 3.63) is 62.1 Å². The molecule has 12 heavy (non-hydrogen) atoms. The normalized spacial score (nSPS) is 8.42. The van der Waals surface area contributed by atoms with Crippen molar-refractivity contribution in [2.45, 2.75) is 6.92 Å². The summed E-state index contributed by atoms with van der Waals surface area (Å²) in [7, 11) is 0. The largest absolute Gasteiger partial charge is 0.316 e. The van der Waals surface area contributed by atoms with E-state index in [1.165, 1.54) is 0 Å². The van der Waals surface area contributed by atoms with Gasteiger partial charge in [-0.1, -0.05) is 32.9 Å². The minimum atomic E-state index is 0.757. The average molecular weight is 161 g/mol. The lowest BCUT2D eigenvalue weighted by Gasteiger charge is -2.24. The van der Waals surface area contributed by atoms with Crippen LogP contribution in [0.3, 0.4) is 0 Å². The fourth-order valence-electron chi connectivity index (χ4n) is 0.857. The van der Waals surface area contributed by atoms with Gasteiger partial charge in [0.15, 0.2) is 0 Å². The van der Waals surface area contributed by atoms with E-state index in [1.54, 1.807) is 17.1 Å². The van der Waals surface area contributed by atoms with E-state index in [2.05, 4.69) is 32.9 Å². The number of allylic oxidation sites excluding steroid dienone is 3. The van der Waals surface area contributed by atoms with Gasteiger partial charge in [0.1, 0.15) is 0 Å². The van der Waals surface area contributed by atoms with Crippen LogP contribution in [-0.2, 0) is 0 Å². The second kappa shape index (κ2) is 4.39. The summed E-state index contributed by atoms with van der Waals surface area (Å²) < 4.78 is 0. The van der Waals surface area contributed by atoms with Crippen LogP contribution in [0, 0.1) is 0 Å². The van der Waals surface area contributed by atoms with Crippen LogP contribution >= 0.6 is 0 Å². The predicted molar refractivity (Wildman–Crippen MR) is 55.3 cm³/mol. The van der Waals surface area contributed by atoms with Crippen molar-refractivity contribution >= 4 is 0 Å². The van der Waals surface area contributed by atoms with Crippen molar-refractivity contribution < 1.29 is 0 Å². The summed E-state index contributed by atoms with van der Waals surface area (Å²) in [5.74, 6) is 0. The van der Waals surface area contributed by atoms with E-state index in [1.807, 2.05) is 6.92 Å². The highest BCUT2D eigenvalue weighted by atomic mass is 15.1. The Morgan fingerprint density at radius 2 is 1.33 bits per heavy atom. The molecule has 0 aromatic carbocycles. The number of hydrogen-bond acceptors (Lipinski definition) is 1. The van der Waals surface area contributed by atoms with Crippen molar-refractivity contribution in [3.63, 3.8) is 0 Å². The van der Waals surface area contributed by atoms with Gasteiger partial charge < -0.3 is 4.90 Å². The molecular weight excluding hydrogens is 146 g/mol. The highest BCUT2D eigenvalue weighted by Gasteiger charge is 2.06. The lowest BCUT2D eigenvalue weighted by atomic mass is 10.3. The van der Waals surface area contributed by atoms with Gasteiger partial charge in [0.25, 0.3) is 0 Å². The molecule has 0 aliphatic rings.